The van der Waals surface area contributed by atoms with E-state index in [1.54, 1.807) is 18.2 Å². The number of ether oxygens (including phenoxy) is 1. The molecule has 26 heavy (non-hydrogen) atoms. The molecule has 1 amide bonds. The van der Waals surface area contributed by atoms with E-state index in [0.29, 0.717) is 12.2 Å². The standard InChI is InChI=1S/C20H23BrN2O2S/c1-4-5-10-25-18-9-8-15(12-16(18)21)19(24)23-20(26)22-17-11-13(2)6-7-14(17)3/h6-9,11-12H,4-5,10H2,1-3H3,(H2,22,23,24,26). The molecule has 0 spiro atoms. The van der Waals surface area contributed by atoms with Gasteiger partial charge in [-0.05, 0) is 83.8 Å². The molecule has 2 N–H and O–H groups in total. The van der Waals surface area contributed by atoms with Gasteiger partial charge in [-0.25, -0.2) is 0 Å². The maximum Gasteiger partial charge on any atom is 0.257 e. The number of benzene rings is 2. The van der Waals surface area contributed by atoms with Crippen molar-refractivity contribution in [2.45, 2.75) is 33.6 Å². The van der Waals surface area contributed by atoms with Crippen LogP contribution in [0.2, 0.25) is 0 Å². The van der Waals surface area contributed by atoms with Gasteiger partial charge in [0.1, 0.15) is 5.75 Å². The van der Waals surface area contributed by atoms with Crippen molar-refractivity contribution < 1.29 is 9.53 Å². The quantitative estimate of drug-likeness (QED) is 0.473. The van der Waals surface area contributed by atoms with Gasteiger partial charge in [-0.15, -0.1) is 0 Å². The van der Waals surface area contributed by atoms with Crippen molar-refractivity contribution in [3.63, 3.8) is 0 Å². The first kappa shape index (κ1) is 20.4. The van der Waals surface area contributed by atoms with Gasteiger partial charge in [-0.2, -0.15) is 0 Å². The first-order valence-corrected chi connectivity index (χ1v) is 9.72. The first-order valence-electron chi connectivity index (χ1n) is 8.52. The molecule has 138 valence electrons. The highest BCUT2D eigenvalue weighted by Gasteiger charge is 2.11. The van der Waals surface area contributed by atoms with Crippen LogP contribution in [0.4, 0.5) is 5.69 Å². The van der Waals surface area contributed by atoms with Crippen molar-refractivity contribution in [2.75, 3.05) is 11.9 Å². The summed E-state index contributed by atoms with van der Waals surface area (Å²) in [6.45, 7) is 6.76. The SMILES string of the molecule is CCCCOc1ccc(C(=O)NC(=S)Nc2cc(C)ccc2C)cc1Br. The second-order valence-corrected chi connectivity index (χ2v) is 7.34. The predicted octanol–water partition coefficient (Wildman–Crippen LogP) is 5.37. The van der Waals surface area contributed by atoms with Crippen LogP contribution in [0.15, 0.2) is 40.9 Å². The van der Waals surface area contributed by atoms with Crippen molar-refractivity contribution in [1.82, 2.24) is 5.32 Å². The van der Waals surface area contributed by atoms with Crippen LogP contribution >= 0.6 is 28.1 Å². The molecule has 0 saturated heterocycles. The van der Waals surface area contributed by atoms with E-state index in [4.69, 9.17) is 17.0 Å². The zero-order valence-electron chi connectivity index (χ0n) is 15.2. The third-order valence-electron chi connectivity index (χ3n) is 3.82. The summed E-state index contributed by atoms with van der Waals surface area (Å²) in [6, 6.07) is 11.3. The van der Waals surface area contributed by atoms with Crippen LogP contribution < -0.4 is 15.4 Å². The average Bonchev–Trinajstić information content (AvgIpc) is 2.59. The van der Waals surface area contributed by atoms with E-state index in [1.807, 2.05) is 32.0 Å². The lowest BCUT2D eigenvalue weighted by Gasteiger charge is -2.13. The van der Waals surface area contributed by atoms with Gasteiger partial charge in [-0.1, -0.05) is 25.5 Å². The summed E-state index contributed by atoms with van der Waals surface area (Å²) in [6.07, 6.45) is 2.07. The van der Waals surface area contributed by atoms with E-state index in [2.05, 4.69) is 33.5 Å². The Balaban J connectivity index is 1.99. The zero-order chi connectivity index (χ0) is 19.1. The molecule has 0 heterocycles. The topological polar surface area (TPSA) is 50.4 Å². The number of hydrogen-bond donors (Lipinski definition) is 2. The molecule has 0 fully saturated rings. The minimum atomic E-state index is -0.270. The van der Waals surface area contributed by atoms with Crippen molar-refractivity contribution in [1.29, 1.82) is 0 Å². The van der Waals surface area contributed by atoms with Crippen LogP contribution in [0.5, 0.6) is 5.75 Å². The van der Waals surface area contributed by atoms with Gasteiger partial charge in [0.05, 0.1) is 11.1 Å². The summed E-state index contributed by atoms with van der Waals surface area (Å²) >= 11 is 8.72. The fraction of sp³-hybridized carbons (Fsp3) is 0.300. The van der Waals surface area contributed by atoms with E-state index >= 15 is 0 Å². The number of hydrogen-bond acceptors (Lipinski definition) is 3. The van der Waals surface area contributed by atoms with E-state index in [9.17, 15) is 4.79 Å². The molecular formula is C20H23BrN2O2S. The van der Waals surface area contributed by atoms with Gasteiger partial charge >= 0.3 is 0 Å². The van der Waals surface area contributed by atoms with Crippen LogP contribution in [0.3, 0.4) is 0 Å². The lowest BCUT2D eigenvalue weighted by molar-refractivity contribution is 0.0977. The monoisotopic (exact) mass is 434 g/mol. The molecule has 0 aliphatic carbocycles. The highest BCUT2D eigenvalue weighted by molar-refractivity contribution is 9.10. The molecule has 2 aromatic rings. The number of nitrogens with one attached hydrogen (secondary N) is 2. The van der Waals surface area contributed by atoms with Gasteiger partial charge < -0.3 is 10.1 Å². The summed E-state index contributed by atoms with van der Waals surface area (Å²) in [5, 5.41) is 6.05. The number of unbranched alkanes of at least 4 members (excludes halogenated alkanes) is 1. The number of thiocarbonyl (C=S) groups is 1. The van der Waals surface area contributed by atoms with E-state index in [0.717, 1.165) is 39.9 Å². The second-order valence-electron chi connectivity index (χ2n) is 6.07. The molecule has 0 bridgehead atoms. The fourth-order valence-corrected chi connectivity index (χ4v) is 2.98. The van der Waals surface area contributed by atoms with E-state index in [1.165, 1.54) is 0 Å². The molecule has 4 nitrogen and oxygen atoms in total. The van der Waals surface area contributed by atoms with Gasteiger partial charge in [0.2, 0.25) is 0 Å². The molecule has 0 radical (unpaired) electrons. The fourth-order valence-electron chi connectivity index (χ4n) is 2.28. The number of carbonyl (C=O) groups excluding carboxylic acids is 1. The minimum absolute atomic E-state index is 0.267. The van der Waals surface area contributed by atoms with Crippen molar-refractivity contribution in [2.24, 2.45) is 0 Å². The zero-order valence-corrected chi connectivity index (χ0v) is 17.6. The maximum atomic E-state index is 12.4. The van der Waals surface area contributed by atoms with Crippen molar-refractivity contribution in [3.05, 3.63) is 57.6 Å². The number of anilines is 1. The summed E-state index contributed by atoms with van der Waals surface area (Å²) in [7, 11) is 0. The number of halogens is 1. The molecule has 2 rings (SSSR count). The molecular weight excluding hydrogens is 412 g/mol. The highest BCUT2D eigenvalue weighted by Crippen LogP contribution is 2.26. The van der Waals surface area contributed by atoms with Gasteiger partial charge in [0.25, 0.3) is 5.91 Å². The number of amides is 1. The normalized spacial score (nSPS) is 10.3. The van der Waals surface area contributed by atoms with E-state index in [-0.39, 0.29) is 11.0 Å². The second kappa shape index (κ2) is 9.69. The third-order valence-corrected chi connectivity index (χ3v) is 4.64. The lowest BCUT2D eigenvalue weighted by Crippen LogP contribution is -2.34. The summed E-state index contributed by atoms with van der Waals surface area (Å²) in [4.78, 5) is 12.4. The largest absolute Gasteiger partial charge is 0.492 e. The Bertz CT molecular complexity index is 808. The Kier molecular flexibility index (Phi) is 7.60. The molecule has 0 aliphatic rings. The number of carbonyl (C=O) groups is 1. The summed E-state index contributed by atoms with van der Waals surface area (Å²) in [5.74, 6) is 0.458. The predicted molar refractivity (Wildman–Crippen MR) is 114 cm³/mol. The molecule has 0 aromatic heterocycles. The van der Waals surface area contributed by atoms with Crippen molar-refractivity contribution in [3.8, 4) is 5.75 Å². The Morgan fingerprint density at radius 3 is 2.65 bits per heavy atom. The Labute approximate surface area is 168 Å². The Morgan fingerprint density at radius 2 is 1.96 bits per heavy atom. The van der Waals surface area contributed by atoms with Crippen LogP contribution in [0, 0.1) is 13.8 Å². The van der Waals surface area contributed by atoms with Gasteiger partial charge in [0.15, 0.2) is 5.11 Å². The highest BCUT2D eigenvalue weighted by atomic mass is 79.9. The molecule has 2 aromatic carbocycles. The van der Waals surface area contributed by atoms with E-state index < -0.39 is 0 Å². The smallest absolute Gasteiger partial charge is 0.257 e. The average molecular weight is 435 g/mol. The van der Waals surface area contributed by atoms with Crippen LogP contribution in [0.1, 0.15) is 41.3 Å². The molecule has 0 aliphatic heterocycles. The van der Waals surface area contributed by atoms with Gasteiger partial charge in [-0.3, -0.25) is 10.1 Å². The molecule has 0 saturated carbocycles. The first-order chi connectivity index (χ1) is 12.4. The number of rotatable bonds is 6. The Hall–Kier alpha value is -1.92. The van der Waals surface area contributed by atoms with Crippen LogP contribution in [-0.2, 0) is 0 Å². The van der Waals surface area contributed by atoms with Crippen LogP contribution in [0.25, 0.3) is 0 Å². The molecule has 0 atom stereocenters. The maximum absolute atomic E-state index is 12.4. The third kappa shape index (κ3) is 5.81. The van der Waals surface area contributed by atoms with Crippen LogP contribution in [-0.4, -0.2) is 17.6 Å². The van der Waals surface area contributed by atoms with Gasteiger partial charge in [0, 0.05) is 11.3 Å². The minimum Gasteiger partial charge on any atom is -0.492 e. The molecule has 6 heteroatoms. The summed E-state index contributed by atoms with van der Waals surface area (Å²) in [5.41, 5.74) is 3.57. The number of aryl methyl sites for hydroxylation is 2. The lowest BCUT2D eigenvalue weighted by atomic mass is 10.1. The molecule has 0 unspecified atom stereocenters. The van der Waals surface area contributed by atoms with Crippen molar-refractivity contribution >= 4 is 44.9 Å². The summed E-state index contributed by atoms with van der Waals surface area (Å²) < 4.78 is 6.42. The Morgan fingerprint density at radius 1 is 1.19 bits per heavy atom.